The number of nitrogens with zero attached hydrogens (tertiary/aromatic N) is 7. The minimum Gasteiger partial charge on any atom is -1.00 e. The van der Waals surface area contributed by atoms with E-state index in [0.29, 0.717) is 0 Å². The van der Waals surface area contributed by atoms with Crippen molar-refractivity contribution in [1.29, 1.82) is 0 Å². The summed E-state index contributed by atoms with van der Waals surface area (Å²) in [5.74, 6) is 1.80. The van der Waals surface area contributed by atoms with Crippen LogP contribution in [0.25, 0.3) is 23.0 Å². The molecule has 0 aromatic carbocycles. The monoisotopic (exact) mass is 653 g/mol. The number of hydrogen-bond acceptors (Lipinski definition) is 6. The molecule has 0 unspecified atom stereocenters. The van der Waals surface area contributed by atoms with Gasteiger partial charge < -0.3 is 26.9 Å². The van der Waals surface area contributed by atoms with Crippen LogP contribution in [0.5, 0.6) is 0 Å². The van der Waals surface area contributed by atoms with Crippen LogP contribution >= 0.6 is 0 Å². The number of pyridine rings is 3. The van der Waals surface area contributed by atoms with E-state index in [9.17, 15) is 0 Å². The molecule has 10 heteroatoms. The fourth-order valence-electron chi connectivity index (χ4n) is 2.73. The zero-order valence-corrected chi connectivity index (χ0v) is 22.4. The Kier molecular flexibility index (Phi) is 13.0. The third-order valence-corrected chi connectivity index (χ3v) is 4.40. The molecule has 0 amide bonds. The van der Waals surface area contributed by atoms with Crippen molar-refractivity contribution in [1.82, 2.24) is 34.1 Å². The first kappa shape index (κ1) is 28.6. The first-order chi connectivity index (χ1) is 15.7. The van der Waals surface area contributed by atoms with Crippen molar-refractivity contribution in [2.24, 2.45) is 14.1 Å². The second kappa shape index (κ2) is 15.4. The van der Waals surface area contributed by atoms with Gasteiger partial charge in [0.2, 0.25) is 0 Å². The Labute approximate surface area is 219 Å². The molecule has 0 atom stereocenters. The van der Waals surface area contributed by atoms with Crippen LogP contribution in [0.1, 0.15) is 0 Å². The van der Waals surface area contributed by atoms with Crippen molar-refractivity contribution >= 4 is 5.69 Å². The third-order valence-electron chi connectivity index (χ3n) is 4.40. The molecule has 1 N–H and O–H groups in total. The van der Waals surface area contributed by atoms with E-state index in [1.807, 2.05) is 91.2 Å². The van der Waals surface area contributed by atoms with E-state index in [4.69, 9.17) is 0 Å². The van der Waals surface area contributed by atoms with Gasteiger partial charge in [0.05, 0.1) is 0 Å². The number of imidazole rings is 2. The van der Waals surface area contributed by atoms with Gasteiger partial charge in [-0.15, -0.1) is 0 Å². The maximum absolute atomic E-state index is 4.20. The van der Waals surface area contributed by atoms with Crippen molar-refractivity contribution in [3.05, 3.63) is 98.1 Å². The number of aromatic nitrogens is 7. The summed E-state index contributed by atoms with van der Waals surface area (Å²) < 4.78 is 3.89. The molecular weight excluding hydrogens is 626 g/mol. The molecule has 5 aromatic heterocycles. The maximum Gasteiger partial charge on any atom is 4.00 e. The molecule has 5 aromatic rings. The van der Waals surface area contributed by atoms with Crippen molar-refractivity contribution in [3.63, 3.8) is 0 Å². The molecule has 0 aliphatic heterocycles. The summed E-state index contributed by atoms with van der Waals surface area (Å²) in [5.41, 5.74) is 2.91. The van der Waals surface area contributed by atoms with Crippen LogP contribution in [0.3, 0.4) is 0 Å². The van der Waals surface area contributed by atoms with Gasteiger partial charge in [-0.05, 0) is 36.4 Å². The minimum absolute atomic E-state index is 0. The Bertz CT molecular complexity index is 1110. The molecule has 0 saturated heterocycles. The van der Waals surface area contributed by atoms with E-state index in [1.54, 1.807) is 37.2 Å². The summed E-state index contributed by atoms with van der Waals surface area (Å²) in [5, 5.41) is 2.99. The SMILES string of the molecule is CNc1ccncc1.Cn1ccnc1-c1ccccn1.Cn1ccnc1-c1ccccn1.[Cl-].[Os+4]. The van der Waals surface area contributed by atoms with Gasteiger partial charge in [0.25, 0.3) is 0 Å². The smallest absolute Gasteiger partial charge is 1.00 e. The predicted molar refractivity (Wildman–Crippen MR) is 127 cm³/mol. The van der Waals surface area contributed by atoms with E-state index < -0.39 is 0 Å². The standard InChI is InChI=1S/2C9H9N3.C6H8N2.ClH.Os/c2*1-12-7-6-11-9(12)8-4-2-3-5-10-8;1-7-6-2-4-8-5-3-6;;/h2*2-7H,1H3;2-5H,1H3,(H,7,8);1H;/q;;;;+4/p-1. The van der Waals surface area contributed by atoms with E-state index in [1.165, 1.54) is 0 Å². The molecular formula is C24H26ClN8Os+3. The molecule has 174 valence electrons. The number of anilines is 1. The van der Waals surface area contributed by atoms with Crippen molar-refractivity contribution < 1.29 is 32.2 Å². The number of aryl methyl sites for hydroxylation is 2. The van der Waals surface area contributed by atoms with Gasteiger partial charge in [0, 0.05) is 76.4 Å². The van der Waals surface area contributed by atoms with Gasteiger partial charge in [0.15, 0.2) is 11.6 Å². The summed E-state index contributed by atoms with van der Waals surface area (Å²) in [6.45, 7) is 0. The normalized spacial score (nSPS) is 9.15. The van der Waals surface area contributed by atoms with Crippen LogP contribution in [-0.2, 0) is 33.9 Å². The second-order valence-electron chi connectivity index (χ2n) is 6.64. The molecule has 8 nitrogen and oxygen atoms in total. The van der Waals surface area contributed by atoms with Gasteiger partial charge in [-0.2, -0.15) is 0 Å². The van der Waals surface area contributed by atoms with Gasteiger partial charge in [-0.3, -0.25) is 15.0 Å². The van der Waals surface area contributed by atoms with Gasteiger partial charge in [-0.25, -0.2) is 9.97 Å². The maximum atomic E-state index is 4.20. The molecule has 0 bridgehead atoms. The largest absolute Gasteiger partial charge is 4.00 e. The number of nitrogens with one attached hydrogen (secondary N) is 1. The number of rotatable bonds is 3. The first-order valence-corrected chi connectivity index (χ1v) is 10.0. The van der Waals surface area contributed by atoms with E-state index in [-0.39, 0.29) is 32.2 Å². The minimum atomic E-state index is 0. The average molecular weight is 652 g/mol. The molecule has 0 saturated carbocycles. The molecule has 0 radical (unpaired) electrons. The predicted octanol–water partition coefficient (Wildman–Crippen LogP) is 1.09. The van der Waals surface area contributed by atoms with Gasteiger partial charge >= 0.3 is 19.8 Å². The summed E-state index contributed by atoms with van der Waals surface area (Å²) in [6.07, 6.45) is 14.4. The molecule has 5 heterocycles. The second-order valence-corrected chi connectivity index (χ2v) is 6.64. The zero-order chi connectivity index (χ0) is 22.6. The van der Waals surface area contributed by atoms with E-state index >= 15 is 0 Å². The Hall–Kier alpha value is -3.40. The summed E-state index contributed by atoms with van der Waals surface area (Å²) in [7, 11) is 5.80. The van der Waals surface area contributed by atoms with Crippen LogP contribution in [-0.4, -0.2) is 41.1 Å². The molecule has 0 aliphatic rings. The summed E-state index contributed by atoms with van der Waals surface area (Å²) >= 11 is 0. The zero-order valence-electron chi connectivity index (χ0n) is 19.1. The Morgan fingerprint density at radius 3 is 1.38 bits per heavy atom. The van der Waals surface area contributed by atoms with Crippen LogP contribution < -0.4 is 17.7 Å². The number of halogens is 1. The van der Waals surface area contributed by atoms with Gasteiger partial charge in [0.1, 0.15) is 11.4 Å². The fourth-order valence-corrected chi connectivity index (χ4v) is 2.73. The van der Waals surface area contributed by atoms with Crippen molar-refractivity contribution in [2.75, 3.05) is 12.4 Å². The summed E-state index contributed by atoms with van der Waals surface area (Å²) in [4.78, 5) is 20.6. The summed E-state index contributed by atoms with van der Waals surface area (Å²) in [6, 6.07) is 15.4. The Balaban J connectivity index is 0.000000253. The van der Waals surface area contributed by atoms with Crippen LogP contribution in [0, 0.1) is 0 Å². The molecule has 5 rings (SSSR count). The quantitative estimate of drug-likeness (QED) is 0.315. The molecule has 0 aliphatic carbocycles. The Morgan fingerprint density at radius 1 is 0.618 bits per heavy atom. The third kappa shape index (κ3) is 8.51. The van der Waals surface area contributed by atoms with E-state index in [0.717, 1.165) is 28.7 Å². The van der Waals surface area contributed by atoms with Gasteiger partial charge in [-0.1, -0.05) is 12.1 Å². The topological polar surface area (TPSA) is 86.3 Å². The van der Waals surface area contributed by atoms with Crippen molar-refractivity contribution in [2.45, 2.75) is 0 Å². The fraction of sp³-hybridized carbons (Fsp3) is 0.125. The van der Waals surface area contributed by atoms with E-state index in [2.05, 4.69) is 30.2 Å². The Morgan fingerprint density at radius 2 is 1.09 bits per heavy atom. The molecule has 34 heavy (non-hydrogen) atoms. The average Bonchev–Trinajstić information content (AvgIpc) is 3.49. The van der Waals surface area contributed by atoms with Crippen LogP contribution in [0.4, 0.5) is 5.69 Å². The first-order valence-electron chi connectivity index (χ1n) is 10.0. The number of hydrogen-bond donors (Lipinski definition) is 1. The molecule has 0 fully saturated rings. The van der Waals surface area contributed by atoms with Crippen LogP contribution in [0.15, 0.2) is 98.1 Å². The van der Waals surface area contributed by atoms with Crippen LogP contribution in [0.2, 0.25) is 0 Å². The molecule has 0 spiro atoms. The van der Waals surface area contributed by atoms with Crippen molar-refractivity contribution in [3.8, 4) is 23.0 Å².